The van der Waals surface area contributed by atoms with E-state index in [-0.39, 0.29) is 5.82 Å². The van der Waals surface area contributed by atoms with Crippen LogP contribution in [0.1, 0.15) is 18.4 Å². The first-order valence-corrected chi connectivity index (χ1v) is 6.94. The van der Waals surface area contributed by atoms with Crippen molar-refractivity contribution >= 4 is 5.69 Å². The van der Waals surface area contributed by atoms with Gasteiger partial charge in [-0.2, -0.15) is 0 Å². The molecule has 1 N–H and O–H groups in total. The fraction of sp³-hybridized carbons (Fsp3) is 0.600. The smallest absolute Gasteiger partial charge is 0.146 e. The number of hydrogen-bond donors (Lipinski definition) is 1. The van der Waals surface area contributed by atoms with Gasteiger partial charge in [-0.1, -0.05) is 6.07 Å². The van der Waals surface area contributed by atoms with Crippen LogP contribution in [0.2, 0.25) is 0 Å². The minimum Gasteiger partial charge on any atom is -0.371 e. The van der Waals surface area contributed by atoms with E-state index in [1.165, 1.54) is 12.8 Å². The Balaban J connectivity index is 1.92. The van der Waals surface area contributed by atoms with Gasteiger partial charge in [0.2, 0.25) is 0 Å². The highest BCUT2D eigenvalue weighted by molar-refractivity contribution is 5.48. The Hall–Kier alpha value is -1.13. The van der Waals surface area contributed by atoms with Crippen LogP contribution in [0.5, 0.6) is 0 Å². The summed E-state index contributed by atoms with van der Waals surface area (Å²) in [4.78, 5) is 4.07. The summed E-state index contributed by atoms with van der Waals surface area (Å²) in [7, 11) is 5.98. The summed E-state index contributed by atoms with van der Waals surface area (Å²) < 4.78 is 14.1. The third kappa shape index (κ3) is 4.48. The number of nitrogens with one attached hydrogen (secondary N) is 1. The van der Waals surface area contributed by atoms with Gasteiger partial charge in [0.15, 0.2) is 0 Å². The average Bonchev–Trinajstić information content (AvgIpc) is 3.17. The topological polar surface area (TPSA) is 18.5 Å². The molecule has 0 heterocycles. The molecule has 1 aliphatic rings. The van der Waals surface area contributed by atoms with Crippen molar-refractivity contribution in [3.8, 4) is 0 Å². The van der Waals surface area contributed by atoms with Gasteiger partial charge < -0.3 is 15.1 Å². The molecule has 0 radical (unpaired) electrons. The standard InChI is InChI=1S/C15H24FN3/c1-18(2)8-9-19(3)15-7-4-12(10-14(15)16)11-17-13-5-6-13/h4,7,10,13,17H,5-6,8-9,11H2,1-3H3. The molecule has 1 aromatic rings. The Labute approximate surface area is 115 Å². The Kier molecular flexibility index (Phi) is 4.77. The van der Waals surface area contributed by atoms with Gasteiger partial charge in [-0.3, -0.25) is 0 Å². The molecule has 1 fully saturated rings. The van der Waals surface area contributed by atoms with Gasteiger partial charge in [0.05, 0.1) is 5.69 Å². The molecule has 4 heteroatoms. The molecule has 0 saturated heterocycles. The Morgan fingerprint density at radius 3 is 2.53 bits per heavy atom. The molecule has 1 aliphatic carbocycles. The Morgan fingerprint density at radius 1 is 1.21 bits per heavy atom. The molecule has 2 rings (SSSR count). The highest BCUT2D eigenvalue weighted by Crippen LogP contribution is 2.22. The molecular weight excluding hydrogens is 241 g/mol. The van der Waals surface area contributed by atoms with E-state index in [0.29, 0.717) is 11.7 Å². The van der Waals surface area contributed by atoms with Gasteiger partial charge >= 0.3 is 0 Å². The van der Waals surface area contributed by atoms with Crippen molar-refractivity contribution in [1.29, 1.82) is 0 Å². The van der Waals surface area contributed by atoms with Crippen molar-refractivity contribution in [3.63, 3.8) is 0 Å². The molecule has 3 nitrogen and oxygen atoms in total. The number of anilines is 1. The molecule has 0 aliphatic heterocycles. The highest BCUT2D eigenvalue weighted by Gasteiger charge is 2.20. The van der Waals surface area contributed by atoms with Crippen LogP contribution >= 0.6 is 0 Å². The molecular formula is C15H24FN3. The first-order valence-electron chi connectivity index (χ1n) is 6.94. The maximum atomic E-state index is 14.1. The molecule has 19 heavy (non-hydrogen) atoms. The van der Waals surface area contributed by atoms with E-state index in [4.69, 9.17) is 0 Å². The summed E-state index contributed by atoms with van der Waals surface area (Å²) in [5, 5.41) is 3.40. The summed E-state index contributed by atoms with van der Waals surface area (Å²) in [6.45, 7) is 2.51. The molecule has 0 bridgehead atoms. The first-order chi connectivity index (χ1) is 9.06. The maximum absolute atomic E-state index is 14.1. The van der Waals surface area contributed by atoms with Crippen molar-refractivity contribution in [2.24, 2.45) is 0 Å². The molecule has 0 aromatic heterocycles. The van der Waals surface area contributed by atoms with Gasteiger partial charge in [-0.15, -0.1) is 0 Å². The second-order valence-electron chi connectivity index (χ2n) is 5.67. The Bertz CT molecular complexity index is 416. The van der Waals surface area contributed by atoms with Gasteiger partial charge in [-0.05, 0) is 44.6 Å². The third-order valence-corrected chi connectivity index (χ3v) is 3.48. The van der Waals surface area contributed by atoms with Gasteiger partial charge in [-0.25, -0.2) is 4.39 Å². The van der Waals surface area contributed by atoms with Crippen LogP contribution in [0.4, 0.5) is 10.1 Å². The van der Waals surface area contributed by atoms with Crippen molar-refractivity contribution in [3.05, 3.63) is 29.6 Å². The summed E-state index contributed by atoms with van der Waals surface area (Å²) in [5.41, 5.74) is 1.70. The summed E-state index contributed by atoms with van der Waals surface area (Å²) in [6, 6.07) is 6.21. The zero-order valence-electron chi connectivity index (χ0n) is 12.1. The molecule has 1 aromatic carbocycles. The molecule has 106 valence electrons. The lowest BCUT2D eigenvalue weighted by Crippen LogP contribution is -2.29. The van der Waals surface area contributed by atoms with Crippen LogP contribution in [0, 0.1) is 5.82 Å². The van der Waals surface area contributed by atoms with Crippen LogP contribution in [-0.4, -0.2) is 45.2 Å². The van der Waals surface area contributed by atoms with Gasteiger partial charge in [0.25, 0.3) is 0 Å². The number of nitrogens with zero attached hydrogens (tertiary/aromatic N) is 2. The van der Waals surface area contributed by atoms with Crippen molar-refractivity contribution in [1.82, 2.24) is 10.2 Å². The fourth-order valence-corrected chi connectivity index (χ4v) is 1.99. The van der Waals surface area contributed by atoms with Gasteiger partial charge in [0.1, 0.15) is 5.82 Å². The zero-order valence-corrected chi connectivity index (χ0v) is 12.1. The van der Waals surface area contributed by atoms with E-state index in [9.17, 15) is 4.39 Å². The molecule has 0 spiro atoms. The lowest BCUT2D eigenvalue weighted by Gasteiger charge is -2.22. The number of benzene rings is 1. The van der Waals surface area contributed by atoms with Crippen molar-refractivity contribution < 1.29 is 4.39 Å². The quantitative estimate of drug-likeness (QED) is 0.814. The van der Waals surface area contributed by atoms with E-state index in [1.54, 1.807) is 6.07 Å². The van der Waals surface area contributed by atoms with Crippen molar-refractivity contribution in [2.75, 3.05) is 39.1 Å². The minimum absolute atomic E-state index is 0.128. The van der Waals surface area contributed by atoms with E-state index < -0.39 is 0 Å². The Morgan fingerprint density at radius 2 is 1.95 bits per heavy atom. The van der Waals surface area contributed by atoms with Crippen LogP contribution in [0.15, 0.2) is 18.2 Å². The first kappa shape index (κ1) is 14.3. The SMILES string of the molecule is CN(C)CCN(C)c1ccc(CNC2CC2)cc1F. The van der Waals surface area contributed by atoms with E-state index in [0.717, 1.165) is 25.2 Å². The normalized spacial score (nSPS) is 15.0. The summed E-state index contributed by atoms with van der Waals surface area (Å²) in [5.74, 6) is -0.128. The van der Waals surface area contributed by atoms with E-state index >= 15 is 0 Å². The summed E-state index contributed by atoms with van der Waals surface area (Å²) in [6.07, 6.45) is 2.52. The maximum Gasteiger partial charge on any atom is 0.146 e. The van der Waals surface area contributed by atoms with Gasteiger partial charge in [0, 0.05) is 32.7 Å². The molecule has 0 unspecified atom stereocenters. The second kappa shape index (κ2) is 6.35. The lowest BCUT2D eigenvalue weighted by molar-refractivity contribution is 0.416. The van der Waals surface area contributed by atoms with Crippen LogP contribution in [0.25, 0.3) is 0 Å². The fourth-order valence-electron chi connectivity index (χ4n) is 1.99. The van der Waals surface area contributed by atoms with E-state index in [1.807, 2.05) is 38.2 Å². The number of rotatable bonds is 7. The second-order valence-corrected chi connectivity index (χ2v) is 5.67. The average molecular weight is 265 g/mol. The highest BCUT2D eigenvalue weighted by atomic mass is 19.1. The number of hydrogen-bond acceptors (Lipinski definition) is 3. The number of halogens is 1. The van der Waals surface area contributed by atoms with Crippen molar-refractivity contribution in [2.45, 2.75) is 25.4 Å². The number of likely N-dealkylation sites (N-methyl/N-ethyl adjacent to an activating group) is 2. The molecule has 1 saturated carbocycles. The predicted octanol–water partition coefficient (Wildman–Crippen LogP) is 2.08. The molecule has 0 atom stereocenters. The lowest BCUT2D eigenvalue weighted by atomic mass is 10.2. The van der Waals surface area contributed by atoms with E-state index in [2.05, 4.69) is 10.2 Å². The monoisotopic (exact) mass is 265 g/mol. The molecule has 0 amide bonds. The zero-order chi connectivity index (χ0) is 13.8. The van der Waals surface area contributed by atoms with Crippen LogP contribution in [-0.2, 0) is 6.54 Å². The predicted molar refractivity (Wildman–Crippen MR) is 78.1 cm³/mol. The van der Waals surface area contributed by atoms with Crippen LogP contribution in [0.3, 0.4) is 0 Å². The largest absolute Gasteiger partial charge is 0.371 e. The minimum atomic E-state index is -0.128. The van der Waals surface area contributed by atoms with Crippen LogP contribution < -0.4 is 10.2 Å². The third-order valence-electron chi connectivity index (χ3n) is 3.48. The summed E-state index contributed by atoms with van der Waals surface area (Å²) >= 11 is 0.